The molecule has 0 aliphatic rings. The van der Waals surface area contributed by atoms with E-state index in [2.05, 4.69) is 5.32 Å². The van der Waals surface area contributed by atoms with E-state index in [1.807, 2.05) is 30.3 Å². The van der Waals surface area contributed by atoms with Gasteiger partial charge >= 0.3 is 7.12 Å². The van der Waals surface area contributed by atoms with E-state index in [4.69, 9.17) is 11.1 Å². The number of amides is 2. The number of carbonyl (C=O) groups excluding carboxylic acids is 2. The summed E-state index contributed by atoms with van der Waals surface area (Å²) in [4.78, 5) is 27.2. The summed E-state index contributed by atoms with van der Waals surface area (Å²) in [5.41, 5.74) is 6.39. The molecular weight excluding hydrogens is 361 g/mol. The Morgan fingerprint density at radius 2 is 1.86 bits per heavy atom. The minimum Gasteiger partial charge on any atom is -0.426 e. The first-order valence-electron chi connectivity index (χ1n) is 9.19. The van der Waals surface area contributed by atoms with Gasteiger partial charge < -0.3 is 30.9 Å². The molecule has 6 N–H and O–H groups in total. The second-order valence-electron chi connectivity index (χ2n) is 6.77. The second kappa shape index (κ2) is 12.0. The van der Waals surface area contributed by atoms with E-state index in [9.17, 15) is 19.6 Å². The Morgan fingerprint density at radius 1 is 1.21 bits per heavy atom. The number of nitrogens with zero attached hydrogens (tertiary/aromatic N) is 2. The lowest BCUT2D eigenvalue weighted by Crippen LogP contribution is -2.50. The number of nitrogens with one attached hydrogen (secondary N) is 2. The maximum atomic E-state index is 12.2. The maximum absolute atomic E-state index is 12.2. The molecule has 0 saturated carbocycles. The summed E-state index contributed by atoms with van der Waals surface area (Å²) in [6.45, 7) is 0.288. The number of hydrogen-bond donors (Lipinski definition) is 5. The fourth-order valence-corrected chi connectivity index (χ4v) is 2.61. The number of benzene rings is 1. The number of hydrogen-bond acceptors (Lipinski definition) is 5. The molecule has 10 heteroatoms. The Morgan fingerprint density at radius 3 is 2.43 bits per heavy atom. The molecule has 28 heavy (non-hydrogen) atoms. The summed E-state index contributed by atoms with van der Waals surface area (Å²) < 4.78 is 0. The molecule has 1 unspecified atom stereocenters. The lowest BCUT2D eigenvalue weighted by molar-refractivity contribution is -0.134. The van der Waals surface area contributed by atoms with Crippen LogP contribution in [0, 0.1) is 5.41 Å². The van der Waals surface area contributed by atoms with Gasteiger partial charge in [-0.25, -0.2) is 0 Å². The molecule has 1 aromatic carbocycles. The third-order valence-electron chi connectivity index (χ3n) is 4.40. The van der Waals surface area contributed by atoms with Gasteiger partial charge in [0.2, 0.25) is 11.8 Å². The van der Waals surface area contributed by atoms with Crippen LogP contribution in [0.1, 0.15) is 24.8 Å². The van der Waals surface area contributed by atoms with Gasteiger partial charge in [0.1, 0.15) is 0 Å². The monoisotopic (exact) mass is 391 g/mol. The summed E-state index contributed by atoms with van der Waals surface area (Å²) in [5.74, 6) is -1.57. The molecule has 0 aromatic heterocycles. The molecule has 0 spiro atoms. The first kappa shape index (κ1) is 23.5. The molecule has 1 aromatic rings. The van der Waals surface area contributed by atoms with Crippen LogP contribution >= 0.6 is 0 Å². The number of guanidine groups is 1. The van der Waals surface area contributed by atoms with Gasteiger partial charge in [0, 0.05) is 27.1 Å². The summed E-state index contributed by atoms with van der Waals surface area (Å²) in [7, 11) is 1.48. The molecule has 0 radical (unpaired) electrons. The molecule has 9 nitrogen and oxygen atoms in total. The molecule has 0 heterocycles. The van der Waals surface area contributed by atoms with Crippen LogP contribution in [0.5, 0.6) is 0 Å². The van der Waals surface area contributed by atoms with Gasteiger partial charge in [0.15, 0.2) is 5.96 Å². The quantitative estimate of drug-likeness (QED) is 0.190. The molecule has 1 atom stereocenters. The van der Waals surface area contributed by atoms with Gasteiger partial charge in [-0.15, -0.1) is 0 Å². The lowest BCUT2D eigenvalue weighted by atomic mass is 9.76. The largest absolute Gasteiger partial charge is 0.475 e. The van der Waals surface area contributed by atoms with Crippen LogP contribution in [-0.4, -0.2) is 77.9 Å². The molecule has 2 amide bonds. The zero-order chi connectivity index (χ0) is 21.1. The van der Waals surface area contributed by atoms with Crippen molar-refractivity contribution < 1.29 is 19.6 Å². The van der Waals surface area contributed by atoms with Crippen molar-refractivity contribution in [3.05, 3.63) is 35.9 Å². The standard InChI is InChI=1S/C18H30BN5O4/c1-23(18(20)21)12-6-9-15(19(27)28)22-16(25)13-24(2)17(26)11-10-14-7-4-3-5-8-14/h3-5,7-8,15,27-28H,6,9-13H2,1-2H3,(H3,20,21)(H,22,25). The van der Waals surface area contributed by atoms with E-state index in [-0.39, 0.29) is 24.8 Å². The number of rotatable bonds is 11. The molecule has 0 aliphatic heterocycles. The van der Waals surface area contributed by atoms with Crippen molar-refractivity contribution in [2.75, 3.05) is 27.2 Å². The Labute approximate surface area is 166 Å². The number of carbonyl (C=O) groups is 2. The van der Waals surface area contributed by atoms with E-state index in [0.29, 0.717) is 25.8 Å². The van der Waals surface area contributed by atoms with Crippen molar-refractivity contribution in [1.82, 2.24) is 15.1 Å². The van der Waals surface area contributed by atoms with E-state index in [0.717, 1.165) is 5.56 Å². The third kappa shape index (κ3) is 8.87. The Bertz CT molecular complexity index is 644. The van der Waals surface area contributed by atoms with E-state index in [1.165, 1.54) is 9.80 Å². The summed E-state index contributed by atoms with van der Waals surface area (Å²) in [6.07, 6.45) is 1.68. The lowest BCUT2D eigenvalue weighted by Gasteiger charge is -2.22. The Kier molecular flexibility index (Phi) is 10.0. The van der Waals surface area contributed by atoms with Crippen molar-refractivity contribution in [3.63, 3.8) is 0 Å². The first-order chi connectivity index (χ1) is 13.2. The van der Waals surface area contributed by atoms with Crippen molar-refractivity contribution in [3.8, 4) is 0 Å². The van der Waals surface area contributed by atoms with Crippen LogP contribution in [0.15, 0.2) is 30.3 Å². The van der Waals surface area contributed by atoms with Crippen LogP contribution < -0.4 is 11.1 Å². The van der Waals surface area contributed by atoms with Crippen LogP contribution in [0.25, 0.3) is 0 Å². The molecule has 0 aliphatic carbocycles. The number of nitrogens with two attached hydrogens (primary N) is 1. The van der Waals surface area contributed by atoms with Gasteiger partial charge in [-0.2, -0.15) is 0 Å². The van der Waals surface area contributed by atoms with Gasteiger partial charge in [0.05, 0.1) is 12.5 Å². The summed E-state index contributed by atoms with van der Waals surface area (Å²) >= 11 is 0. The highest BCUT2D eigenvalue weighted by Gasteiger charge is 2.25. The normalized spacial score (nSPS) is 11.4. The minimum absolute atomic E-state index is 0.0826. The number of likely N-dealkylation sites (N-methyl/N-ethyl adjacent to an activating group) is 1. The van der Waals surface area contributed by atoms with E-state index in [1.54, 1.807) is 14.1 Å². The fraction of sp³-hybridized carbons (Fsp3) is 0.500. The minimum atomic E-state index is -1.72. The highest BCUT2D eigenvalue weighted by Crippen LogP contribution is 2.05. The molecule has 0 saturated heterocycles. The fourth-order valence-electron chi connectivity index (χ4n) is 2.61. The van der Waals surface area contributed by atoms with E-state index < -0.39 is 19.0 Å². The smallest absolute Gasteiger partial charge is 0.426 e. The third-order valence-corrected chi connectivity index (χ3v) is 4.40. The van der Waals surface area contributed by atoms with Crippen LogP contribution in [0.4, 0.5) is 0 Å². The predicted molar refractivity (Wildman–Crippen MR) is 108 cm³/mol. The Hall–Kier alpha value is -2.59. The Balaban J connectivity index is 2.41. The molecule has 0 fully saturated rings. The SMILES string of the molecule is CN(CCCC(NC(=O)CN(C)C(=O)CCc1ccccc1)B(O)O)C(=N)N. The molecule has 1 rings (SSSR count). The highest BCUT2D eigenvalue weighted by molar-refractivity contribution is 6.43. The van der Waals surface area contributed by atoms with E-state index >= 15 is 0 Å². The van der Waals surface area contributed by atoms with Crippen molar-refractivity contribution >= 4 is 24.9 Å². The molecule has 154 valence electrons. The van der Waals surface area contributed by atoms with Gasteiger partial charge in [0.25, 0.3) is 0 Å². The van der Waals surface area contributed by atoms with Gasteiger partial charge in [-0.05, 0) is 24.8 Å². The zero-order valence-corrected chi connectivity index (χ0v) is 16.5. The summed E-state index contributed by atoms with van der Waals surface area (Å²) in [5, 5.41) is 28.8. The first-order valence-corrected chi connectivity index (χ1v) is 9.19. The second-order valence-corrected chi connectivity index (χ2v) is 6.77. The van der Waals surface area contributed by atoms with Crippen molar-refractivity contribution in [2.24, 2.45) is 5.73 Å². The van der Waals surface area contributed by atoms with Crippen molar-refractivity contribution in [2.45, 2.75) is 31.6 Å². The van der Waals surface area contributed by atoms with Crippen LogP contribution in [-0.2, 0) is 16.0 Å². The number of aryl methyl sites for hydroxylation is 1. The molecular formula is C18H30BN5O4. The topological polar surface area (TPSA) is 143 Å². The highest BCUT2D eigenvalue weighted by atomic mass is 16.4. The van der Waals surface area contributed by atoms with Crippen LogP contribution in [0.2, 0.25) is 0 Å². The zero-order valence-electron chi connectivity index (χ0n) is 16.5. The average Bonchev–Trinajstić information content (AvgIpc) is 2.65. The predicted octanol–water partition coefficient (Wildman–Crippen LogP) is -0.820. The van der Waals surface area contributed by atoms with Crippen LogP contribution in [0.3, 0.4) is 0 Å². The average molecular weight is 391 g/mol. The molecule has 0 bridgehead atoms. The van der Waals surface area contributed by atoms with Crippen molar-refractivity contribution in [1.29, 1.82) is 5.41 Å². The maximum Gasteiger partial charge on any atom is 0.475 e. The van der Waals surface area contributed by atoms with Gasteiger partial charge in [-0.1, -0.05) is 30.3 Å². The van der Waals surface area contributed by atoms with Gasteiger partial charge in [-0.3, -0.25) is 15.0 Å². The summed E-state index contributed by atoms with van der Waals surface area (Å²) in [6, 6.07) is 9.61.